The highest BCUT2D eigenvalue weighted by atomic mass is 127. The van der Waals surface area contributed by atoms with Crippen molar-refractivity contribution in [2.24, 2.45) is 4.99 Å². The molecular weight excluding hydrogens is 508 g/mol. The van der Waals surface area contributed by atoms with Crippen LogP contribution < -0.4 is 10.6 Å². The number of furan rings is 1. The maximum atomic E-state index is 14.0. The molecule has 0 amide bonds. The molecule has 1 atom stereocenters. The topological polar surface area (TPSA) is 56.0 Å². The van der Waals surface area contributed by atoms with Gasteiger partial charge in [-0.2, -0.15) is 0 Å². The van der Waals surface area contributed by atoms with Gasteiger partial charge in [0.2, 0.25) is 0 Å². The van der Waals surface area contributed by atoms with Gasteiger partial charge >= 0.3 is 0 Å². The second-order valence-corrected chi connectivity index (χ2v) is 8.01. The molecule has 1 aromatic carbocycles. The first kappa shape index (κ1) is 25.6. The Morgan fingerprint density at radius 3 is 2.65 bits per heavy atom. The Kier molecular flexibility index (Phi) is 10.8. The van der Waals surface area contributed by atoms with Gasteiger partial charge in [-0.25, -0.2) is 9.38 Å². The maximum absolute atomic E-state index is 14.0. The summed E-state index contributed by atoms with van der Waals surface area (Å²) in [5.41, 5.74) is 1.69. The third-order valence-corrected chi connectivity index (χ3v) is 5.28. The van der Waals surface area contributed by atoms with E-state index >= 15 is 0 Å². The number of likely N-dealkylation sites (tertiary alicyclic amines) is 1. The molecule has 1 unspecified atom stereocenters. The molecule has 1 fully saturated rings. The Morgan fingerprint density at radius 1 is 1.23 bits per heavy atom. The van der Waals surface area contributed by atoms with E-state index in [1.165, 1.54) is 18.9 Å². The van der Waals surface area contributed by atoms with Gasteiger partial charge in [-0.3, -0.25) is 4.90 Å². The molecule has 2 heterocycles. The highest BCUT2D eigenvalue weighted by Gasteiger charge is 2.25. The van der Waals surface area contributed by atoms with Gasteiger partial charge in [0.15, 0.2) is 5.96 Å². The summed E-state index contributed by atoms with van der Waals surface area (Å²) < 4.78 is 19.7. The molecule has 1 aromatic heterocycles. The molecule has 0 aliphatic carbocycles. The van der Waals surface area contributed by atoms with Crippen LogP contribution in [-0.2, 0) is 13.1 Å². The first-order valence-corrected chi connectivity index (χ1v) is 10.8. The number of hydrogen-bond donors (Lipinski definition) is 2. The smallest absolute Gasteiger partial charge is 0.191 e. The summed E-state index contributed by atoms with van der Waals surface area (Å²) in [4.78, 5) is 9.15. The molecule has 2 N–H and O–H groups in total. The fourth-order valence-electron chi connectivity index (χ4n) is 3.84. The van der Waals surface area contributed by atoms with Crippen LogP contribution in [-0.4, -0.2) is 56.0 Å². The largest absolute Gasteiger partial charge is 0.468 e. The number of halogens is 2. The number of benzene rings is 1. The van der Waals surface area contributed by atoms with Crippen LogP contribution in [0.2, 0.25) is 0 Å². The number of aliphatic imine (C=N–C) groups is 1. The Balaban J connectivity index is 0.00000341. The van der Waals surface area contributed by atoms with Crippen molar-refractivity contribution in [2.75, 3.05) is 40.3 Å². The fourth-order valence-corrected chi connectivity index (χ4v) is 3.84. The molecule has 3 rings (SSSR count). The predicted molar refractivity (Wildman–Crippen MR) is 134 cm³/mol. The minimum atomic E-state index is -0.173. The highest BCUT2D eigenvalue weighted by Crippen LogP contribution is 2.24. The van der Waals surface area contributed by atoms with E-state index in [1.54, 1.807) is 12.3 Å². The molecule has 0 spiro atoms. The van der Waals surface area contributed by atoms with Crippen molar-refractivity contribution in [1.82, 2.24) is 20.4 Å². The average molecular weight is 543 g/mol. The zero-order valence-corrected chi connectivity index (χ0v) is 21.1. The standard InChI is InChI=1S/C23H34FN5O.HI/c1-4-25-23(26-15-18-9-10-20(24)19(14-18)17-28(2)3)27-16-21(22-8-7-13-30-22)29-11-5-6-12-29;/h7-10,13-14,21H,4-6,11-12,15-17H2,1-3H3,(H2,25,26,27);1H. The SMILES string of the molecule is CCNC(=NCc1ccc(F)c(CN(C)C)c1)NCC(c1ccco1)N1CCCC1.I. The first-order valence-electron chi connectivity index (χ1n) is 10.8. The summed E-state index contributed by atoms with van der Waals surface area (Å²) in [5.74, 6) is 1.56. The molecule has 0 bridgehead atoms. The number of nitrogens with one attached hydrogen (secondary N) is 2. The Hall–Kier alpha value is -1.65. The third kappa shape index (κ3) is 7.76. The minimum absolute atomic E-state index is 0. The van der Waals surface area contributed by atoms with E-state index in [-0.39, 0.29) is 35.8 Å². The van der Waals surface area contributed by atoms with E-state index in [1.807, 2.05) is 37.2 Å². The van der Waals surface area contributed by atoms with Crippen molar-refractivity contribution >= 4 is 29.9 Å². The zero-order valence-electron chi connectivity index (χ0n) is 18.7. The molecule has 0 saturated carbocycles. The summed E-state index contributed by atoms with van der Waals surface area (Å²) in [6.07, 6.45) is 4.19. The van der Waals surface area contributed by atoms with E-state index in [0.29, 0.717) is 25.2 Å². The fraction of sp³-hybridized carbons (Fsp3) is 0.522. The van der Waals surface area contributed by atoms with Crippen LogP contribution in [0.4, 0.5) is 4.39 Å². The van der Waals surface area contributed by atoms with Gasteiger partial charge < -0.3 is 20.0 Å². The third-order valence-electron chi connectivity index (χ3n) is 5.28. The van der Waals surface area contributed by atoms with E-state index in [0.717, 1.165) is 36.9 Å². The summed E-state index contributed by atoms with van der Waals surface area (Å²) in [5, 5.41) is 6.78. The lowest BCUT2D eigenvalue weighted by atomic mass is 10.1. The Morgan fingerprint density at radius 2 is 2.00 bits per heavy atom. The minimum Gasteiger partial charge on any atom is -0.468 e. The maximum Gasteiger partial charge on any atom is 0.191 e. The number of rotatable bonds is 9. The lowest BCUT2D eigenvalue weighted by molar-refractivity contribution is 0.215. The van der Waals surface area contributed by atoms with Crippen LogP contribution in [0.1, 0.15) is 42.7 Å². The number of nitrogens with zero attached hydrogens (tertiary/aromatic N) is 3. The zero-order chi connectivity index (χ0) is 21.3. The predicted octanol–water partition coefficient (Wildman–Crippen LogP) is 3.99. The van der Waals surface area contributed by atoms with Gasteiger partial charge in [0.05, 0.1) is 18.8 Å². The molecular formula is C23H35FIN5O. The second-order valence-electron chi connectivity index (χ2n) is 8.01. The van der Waals surface area contributed by atoms with Crippen molar-refractivity contribution in [3.8, 4) is 0 Å². The number of hydrogen-bond acceptors (Lipinski definition) is 4. The first-order chi connectivity index (χ1) is 14.6. The molecule has 8 heteroatoms. The monoisotopic (exact) mass is 543 g/mol. The van der Waals surface area contributed by atoms with Crippen LogP contribution in [0.15, 0.2) is 46.0 Å². The highest BCUT2D eigenvalue weighted by molar-refractivity contribution is 14.0. The van der Waals surface area contributed by atoms with E-state index in [4.69, 9.17) is 9.41 Å². The van der Waals surface area contributed by atoms with Crippen molar-refractivity contribution in [3.63, 3.8) is 0 Å². The lowest BCUT2D eigenvalue weighted by Gasteiger charge is -2.26. The molecule has 172 valence electrons. The van der Waals surface area contributed by atoms with Gasteiger partial charge in [0, 0.05) is 25.2 Å². The molecule has 6 nitrogen and oxygen atoms in total. The molecule has 2 aromatic rings. The van der Waals surface area contributed by atoms with Gasteiger partial charge in [0.1, 0.15) is 11.6 Å². The van der Waals surface area contributed by atoms with Crippen LogP contribution in [0.25, 0.3) is 0 Å². The van der Waals surface area contributed by atoms with Gasteiger partial charge in [-0.05, 0) is 76.8 Å². The van der Waals surface area contributed by atoms with Crippen molar-refractivity contribution < 1.29 is 8.81 Å². The lowest BCUT2D eigenvalue weighted by Crippen LogP contribution is -2.42. The summed E-state index contributed by atoms with van der Waals surface area (Å²) in [7, 11) is 3.88. The molecule has 1 aliphatic rings. The van der Waals surface area contributed by atoms with Gasteiger partial charge in [-0.1, -0.05) is 6.07 Å². The average Bonchev–Trinajstić information content (AvgIpc) is 3.43. The normalized spacial score (nSPS) is 15.7. The van der Waals surface area contributed by atoms with Gasteiger partial charge in [-0.15, -0.1) is 24.0 Å². The van der Waals surface area contributed by atoms with Crippen LogP contribution in [0.5, 0.6) is 0 Å². The molecule has 31 heavy (non-hydrogen) atoms. The van der Waals surface area contributed by atoms with Gasteiger partial charge in [0.25, 0.3) is 0 Å². The molecule has 1 aliphatic heterocycles. The number of guanidine groups is 1. The van der Waals surface area contributed by atoms with E-state index in [9.17, 15) is 4.39 Å². The Bertz CT molecular complexity index is 806. The van der Waals surface area contributed by atoms with Crippen molar-refractivity contribution in [2.45, 2.75) is 38.9 Å². The molecule has 0 radical (unpaired) electrons. The van der Waals surface area contributed by atoms with E-state index < -0.39 is 0 Å². The van der Waals surface area contributed by atoms with Crippen molar-refractivity contribution in [1.29, 1.82) is 0 Å². The summed E-state index contributed by atoms with van der Waals surface area (Å²) in [6.45, 7) is 6.78. The van der Waals surface area contributed by atoms with E-state index in [2.05, 4.69) is 22.5 Å². The Labute approximate surface area is 202 Å². The second kappa shape index (κ2) is 13.0. The van der Waals surface area contributed by atoms with Crippen LogP contribution in [0.3, 0.4) is 0 Å². The summed E-state index contributed by atoms with van der Waals surface area (Å²) in [6, 6.07) is 9.40. The van der Waals surface area contributed by atoms with Crippen molar-refractivity contribution in [3.05, 3.63) is 59.3 Å². The van der Waals surface area contributed by atoms with Crippen LogP contribution in [0, 0.1) is 5.82 Å². The van der Waals surface area contributed by atoms with Crippen LogP contribution >= 0.6 is 24.0 Å². The quantitative estimate of drug-likeness (QED) is 0.285. The molecule has 1 saturated heterocycles. The summed E-state index contributed by atoms with van der Waals surface area (Å²) >= 11 is 0.